The number of aliphatic hydroxyl groups excluding tert-OH is 1. The number of halogens is 1. The minimum atomic E-state index is -1.12. The summed E-state index contributed by atoms with van der Waals surface area (Å²) in [6.07, 6.45) is 1.58. The van der Waals surface area contributed by atoms with E-state index in [4.69, 9.17) is 16.3 Å². The largest absolute Gasteiger partial charge is 0.394 e. The zero-order valence-electron chi connectivity index (χ0n) is 19.4. The van der Waals surface area contributed by atoms with E-state index in [0.29, 0.717) is 30.0 Å². The Kier molecular flexibility index (Phi) is 6.22. The van der Waals surface area contributed by atoms with Gasteiger partial charge in [0.25, 0.3) is 0 Å². The summed E-state index contributed by atoms with van der Waals surface area (Å²) in [6.45, 7) is 5.58. The third-order valence-corrected chi connectivity index (χ3v) is 7.70. The van der Waals surface area contributed by atoms with Crippen molar-refractivity contribution < 1.29 is 24.2 Å². The molecule has 0 aliphatic carbocycles. The van der Waals surface area contributed by atoms with Gasteiger partial charge in [0.1, 0.15) is 11.6 Å². The van der Waals surface area contributed by atoms with Crippen LogP contribution < -0.4 is 10.6 Å². The molecule has 3 saturated heterocycles. The van der Waals surface area contributed by atoms with Crippen molar-refractivity contribution in [2.45, 2.75) is 63.3 Å². The van der Waals surface area contributed by atoms with Crippen LogP contribution in [0, 0.1) is 17.8 Å². The van der Waals surface area contributed by atoms with Crippen LogP contribution in [0.2, 0.25) is 5.02 Å². The molecule has 4 rings (SSSR count). The van der Waals surface area contributed by atoms with Gasteiger partial charge in [0, 0.05) is 17.8 Å². The van der Waals surface area contributed by atoms with Gasteiger partial charge in [-0.3, -0.25) is 14.4 Å². The number of aliphatic hydroxyl groups is 1. The number of nitrogens with one attached hydrogen (secondary N) is 2. The first-order chi connectivity index (χ1) is 15.6. The molecular formula is C24H32ClN3O5. The van der Waals surface area contributed by atoms with Crippen LogP contribution in [0.25, 0.3) is 0 Å². The van der Waals surface area contributed by atoms with Gasteiger partial charge in [-0.15, -0.1) is 0 Å². The minimum absolute atomic E-state index is 0.192. The number of hydrogen-bond donors (Lipinski definition) is 3. The molecule has 0 aromatic heterocycles. The van der Waals surface area contributed by atoms with Crippen molar-refractivity contribution in [3.8, 4) is 0 Å². The van der Waals surface area contributed by atoms with E-state index in [2.05, 4.69) is 10.6 Å². The zero-order valence-corrected chi connectivity index (χ0v) is 20.2. The quantitative estimate of drug-likeness (QED) is 0.558. The normalized spacial score (nSPS) is 33.4. The average molecular weight is 478 g/mol. The number of benzene rings is 1. The molecule has 6 atom stereocenters. The molecule has 3 fully saturated rings. The Balaban J connectivity index is 1.77. The Morgan fingerprint density at radius 3 is 2.48 bits per heavy atom. The van der Waals surface area contributed by atoms with Crippen LogP contribution in [0.5, 0.6) is 0 Å². The Bertz CT molecular complexity index is 954. The molecule has 3 aliphatic heterocycles. The van der Waals surface area contributed by atoms with Gasteiger partial charge < -0.3 is 25.4 Å². The smallest absolute Gasteiger partial charge is 0.250 e. The second kappa shape index (κ2) is 8.56. The van der Waals surface area contributed by atoms with Crippen LogP contribution in [0.3, 0.4) is 0 Å². The van der Waals surface area contributed by atoms with Gasteiger partial charge in [-0.2, -0.15) is 0 Å². The topological polar surface area (TPSA) is 108 Å². The monoisotopic (exact) mass is 477 g/mol. The fourth-order valence-electron chi connectivity index (χ4n) is 6.18. The molecule has 2 unspecified atom stereocenters. The number of ether oxygens (including phenoxy) is 1. The predicted molar refractivity (Wildman–Crippen MR) is 124 cm³/mol. The molecule has 0 saturated carbocycles. The summed E-state index contributed by atoms with van der Waals surface area (Å²) < 4.78 is 6.51. The standard InChI is InChI=1S/C24H32ClN3O5/c1-13(2)11-16(12-29)28-19(21(31)27-15-7-5-14(25)6-8-15)24-10-9-23(3,33-24)17(20(30)26-4)18(24)22(28)32/h5-8,13,16-19,29H,9-12H2,1-4H3,(H,26,30)(H,27,31)/t16-,17-,18+,19?,23+,24?/m1/s1. The Hall–Kier alpha value is -2.16. The second-order valence-corrected chi connectivity index (χ2v) is 10.5. The number of amides is 3. The molecule has 33 heavy (non-hydrogen) atoms. The molecule has 8 nitrogen and oxygen atoms in total. The molecule has 3 N–H and O–H groups in total. The van der Waals surface area contributed by atoms with Crippen molar-refractivity contribution in [3.63, 3.8) is 0 Å². The highest BCUT2D eigenvalue weighted by Crippen LogP contribution is 2.63. The van der Waals surface area contributed by atoms with E-state index in [0.717, 1.165) is 0 Å². The zero-order chi connectivity index (χ0) is 24.1. The molecule has 0 radical (unpaired) electrons. The summed E-state index contributed by atoms with van der Waals surface area (Å²) in [5.74, 6) is -2.24. The first-order valence-electron chi connectivity index (χ1n) is 11.5. The fraction of sp³-hybridized carbons (Fsp3) is 0.625. The van der Waals surface area contributed by atoms with Crippen molar-refractivity contribution >= 4 is 35.0 Å². The summed E-state index contributed by atoms with van der Waals surface area (Å²) in [7, 11) is 1.54. The van der Waals surface area contributed by atoms with E-state index in [-0.39, 0.29) is 24.3 Å². The number of nitrogens with zero attached hydrogens (tertiary/aromatic N) is 1. The number of carbonyl (C=O) groups is 3. The molecule has 1 aromatic carbocycles. The van der Waals surface area contributed by atoms with Crippen molar-refractivity contribution in [1.82, 2.24) is 10.2 Å². The number of rotatable bonds is 7. The average Bonchev–Trinajstić information content (AvgIpc) is 3.33. The van der Waals surface area contributed by atoms with Crippen LogP contribution in [-0.2, 0) is 19.1 Å². The van der Waals surface area contributed by atoms with E-state index in [1.807, 2.05) is 20.8 Å². The van der Waals surface area contributed by atoms with Crippen LogP contribution in [0.15, 0.2) is 24.3 Å². The minimum Gasteiger partial charge on any atom is -0.394 e. The number of carbonyl (C=O) groups excluding carboxylic acids is 3. The van der Waals surface area contributed by atoms with Gasteiger partial charge in [0.2, 0.25) is 17.7 Å². The lowest BCUT2D eigenvalue weighted by atomic mass is 9.66. The Labute approximate surface area is 199 Å². The summed E-state index contributed by atoms with van der Waals surface area (Å²) in [4.78, 5) is 42.0. The molecule has 3 aliphatic rings. The Morgan fingerprint density at radius 2 is 1.91 bits per heavy atom. The van der Waals surface area contributed by atoms with Gasteiger partial charge in [-0.05, 0) is 56.4 Å². The maximum Gasteiger partial charge on any atom is 0.250 e. The van der Waals surface area contributed by atoms with Gasteiger partial charge >= 0.3 is 0 Å². The lowest BCUT2D eigenvalue weighted by Gasteiger charge is -2.37. The molecule has 3 heterocycles. The molecule has 1 spiro atoms. The summed E-state index contributed by atoms with van der Waals surface area (Å²) in [6, 6.07) is 5.21. The van der Waals surface area contributed by atoms with Crippen LogP contribution in [-0.4, -0.2) is 64.7 Å². The van der Waals surface area contributed by atoms with Crippen LogP contribution in [0.1, 0.15) is 40.0 Å². The number of likely N-dealkylation sites (tertiary alicyclic amines) is 1. The predicted octanol–water partition coefficient (Wildman–Crippen LogP) is 2.20. The van der Waals surface area contributed by atoms with Crippen molar-refractivity contribution in [2.24, 2.45) is 17.8 Å². The third kappa shape index (κ3) is 3.72. The van der Waals surface area contributed by atoms with Gasteiger partial charge in [-0.1, -0.05) is 25.4 Å². The molecule has 1 aromatic rings. The Morgan fingerprint density at radius 1 is 1.24 bits per heavy atom. The molecule has 3 amide bonds. The molecule has 180 valence electrons. The lowest BCUT2D eigenvalue weighted by Crippen LogP contribution is -2.56. The van der Waals surface area contributed by atoms with Gasteiger partial charge in [0.05, 0.1) is 30.1 Å². The molecular weight excluding hydrogens is 446 g/mol. The van der Waals surface area contributed by atoms with Crippen molar-refractivity contribution in [1.29, 1.82) is 0 Å². The van der Waals surface area contributed by atoms with Crippen LogP contribution in [0.4, 0.5) is 5.69 Å². The van der Waals surface area contributed by atoms with E-state index in [1.165, 1.54) is 4.90 Å². The first-order valence-corrected chi connectivity index (χ1v) is 11.9. The highest BCUT2D eigenvalue weighted by Gasteiger charge is 2.78. The number of hydrogen-bond acceptors (Lipinski definition) is 5. The number of fused-ring (bicyclic) bond motifs is 1. The summed E-state index contributed by atoms with van der Waals surface area (Å²) >= 11 is 5.97. The van der Waals surface area contributed by atoms with E-state index >= 15 is 0 Å². The highest BCUT2D eigenvalue weighted by atomic mass is 35.5. The van der Waals surface area contributed by atoms with Gasteiger partial charge in [0.15, 0.2) is 0 Å². The number of anilines is 1. The summed E-state index contributed by atoms with van der Waals surface area (Å²) in [5.41, 5.74) is -1.40. The summed E-state index contributed by atoms with van der Waals surface area (Å²) in [5, 5.41) is 16.3. The molecule has 2 bridgehead atoms. The van der Waals surface area contributed by atoms with E-state index in [9.17, 15) is 19.5 Å². The van der Waals surface area contributed by atoms with Crippen LogP contribution >= 0.6 is 11.6 Å². The third-order valence-electron chi connectivity index (χ3n) is 7.45. The lowest BCUT2D eigenvalue weighted by molar-refractivity contribution is -0.148. The van der Waals surface area contributed by atoms with E-state index < -0.39 is 41.0 Å². The van der Waals surface area contributed by atoms with E-state index in [1.54, 1.807) is 31.3 Å². The molecule has 9 heteroatoms. The fourth-order valence-corrected chi connectivity index (χ4v) is 6.30. The SMILES string of the molecule is CNC(=O)[C@H]1[C@H]2C(=O)N([C@@H](CO)CC(C)C)C(C(=O)Nc3ccc(Cl)cc3)C23CC[C@]1(C)O3. The van der Waals surface area contributed by atoms with Gasteiger partial charge in [-0.25, -0.2) is 0 Å². The highest BCUT2D eigenvalue weighted by molar-refractivity contribution is 6.30. The second-order valence-electron chi connectivity index (χ2n) is 10.0. The maximum absolute atomic E-state index is 13.9. The first kappa shape index (κ1) is 24.0. The van der Waals surface area contributed by atoms with Crippen molar-refractivity contribution in [2.75, 3.05) is 19.0 Å². The van der Waals surface area contributed by atoms with Crippen molar-refractivity contribution in [3.05, 3.63) is 29.3 Å². The maximum atomic E-state index is 13.9.